The second kappa shape index (κ2) is 37.5. The minimum atomic E-state index is 0.514. The lowest BCUT2D eigenvalue weighted by molar-refractivity contribution is -0.00477. The van der Waals surface area contributed by atoms with Gasteiger partial charge < -0.3 is 29.1 Å². The summed E-state index contributed by atoms with van der Waals surface area (Å²) in [4.78, 5) is 14.9. The molecule has 8 heteroatoms. The molecule has 0 atom stereocenters. The lowest BCUT2D eigenvalue weighted by atomic mass is 10.1. The van der Waals surface area contributed by atoms with Gasteiger partial charge in [-0.1, -0.05) is 83.1 Å². The van der Waals surface area contributed by atoms with E-state index < -0.39 is 0 Å². The van der Waals surface area contributed by atoms with Crippen LogP contribution < -0.4 is 0 Å². The fraction of sp³-hybridized carbons (Fsp3) is 1.00. The largest absolute Gasteiger partial charge is 0.377 e. The molecule has 0 amide bonds. The fourth-order valence-corrected chi connectivity index (χ4v) is 5.62. The number of likely N-dealkylation sites (N-methyl/N-ethyl adjacent to an activating group) is 2. The molecule has 0 bridgehead atoms. The van der Waals surface area contributed by atoms with Gasteiger partial charge in [0.25, 0.3) is 0 Å². The third-order valence-corrected chi connectivity index (χ3v) is 8.68. The lowest BCUT2D eigenvalue weighted by Gasteiger charge is -2.34. The monoisotopic (exact) mass is 661 g/mol. The van der Waals surface area contributed by atoms with E-state index in [1.807, 2.05) is 69.2 Å². The van der Waals surface area contributed by atoms with Gasteiger partial charge in [-0.15, -0.1) is 0 Å². The van der Waals surface area contributed by atoms with Crippen molar-refractivity contribution in [2.75, 3.05) is 132 Å². The predicted molar refractivity (Wildman–Crippen MR) is 207 cm³/mol. The Morgan fingerprint density at radius 2 is 0.652 bits per heavy atom. The number of ether oxygens (including phenoxy) is 2. The first-order valence-electron chi connectivity index (χ1n) is 20.1. The van der Waals surface area contributed by atoms with Gasteiger partial charge in [0, 0.05) is 91.6 Å². The van der Waals surface area contributed by atoms with E-state index in [1.165, 1.54) is 117 Å². The summed E-state index contributed by atoms with van der Waals surface area (Å²) in [6, 6.07) is 0. The van der Waals surface area contributed by atoms with Gasteiger partial charge >= 0.3 is 0 Å². The van der Waals surface area contributed by atoms with Gasteiger partial charge in [0.1, 0.15) is 0 Å². The molecule has 0 unspecified atom stereocenters. The first-order valence-corrected chi connectivity index (χ1v) is 20.1. The molecule has 4 aliphatic rings. The van der Waals surface area contributed by atoms with Crippen molar-refractivity contribution in [3.63, 3.8) is 0 Å². The Morgan fingerprint density at radius 1 is 0.391 bits per heavy atom. The Labute approximate surface area is 291 Å². The summed E-state index contributed by atoms with van der Waals surface area (Å²) in [5.74, 6) is 0. The van der Waals surface area contributed by atoms with Crippen molar-refractivity contribution in [1.82, 2.24) is 29.4 Å². The normalized spacial score (nSPS) is 20.7. The van der Waals surface area contributed by atoms with Crippen LogP contribution in [0, 0.1) is 0 Å². The van der Waals surface area contributed by atoms with Crippen LogP contribution in [0.15, 0.2) is 0 Å². The average molecular weight is 661 g/mol. The molecule has 4 aliphatic heterocycles. The van der Waals surface area contributed by atoms with Crippen LogP contribution in [0.3, 0.4) is 0 Å². The highest BCUT2D eigenvalue weighted by Gasteiger charge is 2.20. The second-order valence-electron chi connectivity index (χ2n) is 11.3. The molecule has 0 aromatic rings. The van der Waals surface area contributed by atoms with E-state index in [0.717, 1.165) is 26.3 Å². The maximum Gasteiger partial charge on any atom is 0.0600 e. The van der Waals surface area contributed by atoms with E-state index in [2.05, 4.69) is 57.3 Å². The number of hydrogen-bond donors (Lipinski definition) is 0. The summed E-state index contributed by atoms with van der Waals surface area (Å²) in [6.07, 6.45) is 5.90. The molecule has 282 valence electrons. The number of nitrogens with zero attached hydrogens (tertiary/aromatic N) is 6. The van der Waals surface area contributed by atoms with E-state index >= 15 is 0 Å². The molecular formula is C38H88N6O2. The quantitative estimate of drug-likeness (QED) is 0.260. The SMILES string of the molecule is CC.CC.CC.CC.CC.CCN1CCC(OCCN2CCN(C)CC2)CC1.CCN1CCC(OCCN2CCN(C)CC2)CC1. The van der Waals surface area contributed by atoms with Crippen LogP contribution in [0.1, 0.15) is 109 Å². The standard InChI is InChI=1S/2C14H29N3O.5C2H6/c2*1-3-16-6-4-14(5-7-16)18-13-12-17-10-8-15(2)9-11-17;5*1-2/h2*14H,3-13H2,1-2H3;5*1-2H3. The first-order chi connectivity index (χ1) is 22.6. The third-order valence-electron chi connectivity index (χ3n) is 8.68. The van der Waals surface area contributed by atoms with Crippen molar-refractivity contribution in [2.24, 2.45) is 0 Å². The van der Waals surface area contributed by atoms with Gasteiger partial charge in [-0.3, -0.25) is 9.80 Å². The Kier molecular flexibility index (Phi) is 40.8. The molecule has 46 heavy (non-hydrogen) atoms. The number of hydrogen-bond acceptors (Lipinski definition) is 8. The maximum atomic E-state index is 6.02. The molecule has 4 saturated heterocycles. The van der Waals surface area contributed by atoms with E-state index in [-0.39, 0.29) is 0 Å². The van der Waals surface area contributed by atoms with Crippen LogP contribution in [-0.2, 0) is 9.47 Å². The number of piperidine rings is 2. The average Bonchev–Trinajstić information content (AvgIpc) is 3.15. The van der Waals surface area contributed by atoms with Crippen LogP contribution in [0.5, 0.6) is 0 Å². The smallest absolute Gasteiger partial charge is 0.0600 e. The molecule has 4 fully saturated rings. The molecule has 0 aromatic heterocycles. The minimum absolute atomic E-state index is 0.514. The second-order valence-corrected chi connectivity index (χ2v) is 11.3. The van der Waals surface area contributed by atoms with Crippen molar-refractivity contribution in [3.05, 3.63) is 0 Å². The van der Waals surface area contributed by atoms with Crippen LogP contribution >= 0.6 is 0 Å². The van der Waals surface area contributed by atoms with Gasteiger partial charge in [0.2, 0.25) is 0 Å². The summed E-state index contributed by atoms with van der Waals surface area (Å²) < 4.78 is 12.0. The van der Waals surface area contributed by atoms with Crippen LogP contribution in [0.4, 0.5) is 0 Å². The van der Waals surface area contributed by atoms with E-state index in [4.69, 9.17) is 9.47 Å². The van der Waals surface area contributed by atoms with E-state index in [9.17, 15) is 0 Å². The molecule has 4 heterocycles. The highest BCUT2D eigenvalue weighted by atomic mass is 16.5. The molecule has 0 saturated carbocycles. The van der Waals surface area contributed by atoms with Crippen molar-refractivity contribution in [2.45, 2.75) is 121 Å². The van der Waals surface area contributed by atoms with Gasteiger partial charge in [-0.2, -0.15) is 0 Å². The zero-order chi connectivity index (χ0) is 35.6. The zero-order valence-electron chi connectivity index (χ0n) is 34.2. The first kappa shape index (κ1) is 50.1. The highest BCUT2D eigenvalue weighted by Crippen LogP contribution is 2.14. The van der Waals surface area contributed by atoms with Gasteiger partial charge in [-0.05, 0) is 52.9 Å². The van der Waals surface area contributed by atoms with Crippen LogP contribution in [0.25, 0.3) is 0 Å². The molecule has 0 aliphatic carbocycles. The zero-order valence-corrected chi connectivity index (χ0v) is 34.2. The molecule has 0 aromatic carbocycles. The Balaban J connectivity index is -0.000000632. The summed E-state index contributed by atoms with van der Waals surface area (Å²) in [6.45, 7) is 45.4. The number of piperazine rings is 2. The van der Waals surface area contributed by atoms with Crippen molar-refractivity contribution < 1.29 is 9.47 Å². The summed E-state index contributed by atoms with van der Waals surface area (Å²) in [5.41, 5.74) is 0. The van der Waals surface area contributed by atoms with Crippen molar-refractivity contribution in [1.29, 1.82) is 0 Å². The molecule has 0 spiro atoms. The number of rotatable bonds is 10. The highest BCUT2D eigenvalue weighted by molar-refractivity contribution is 4.74. The summed E-state index contributed by atoms with van der Waals surface area (Å²) in [7, 11) is 4.41. The van der Waals surface area contributed by atoms with Gasteiger partial charge in [-0.25, -0.2) is 0 Å². The summed E-state index contributed by atoms with van der Waals surface area (Å²) in [5, 5.41) is 0. The number of likely N-dealkylation sites (tertiary alicyclic amines) is 2. The third kappa shape index (κ3) is 25.7. The van der Waals surface area contributed by atoms with E-state index in [1.54, 1.807) is 0 Å². The summed E-state index contributed by atoms with van der Waals surface area (Å²) >= 11 is 0. The van der Waals surface area contributed by atoms with Crippen molar-refractivity contribution >= 4 is 0 Å². The lowest BCUT2D eigenvalue weighted by Crippen LogP contribution is -2.46. The van der Waals surface area contributed by atoms with E-state index in [0.29, 0.717) is 12.2 Å². The molecule has 8 nitrogen and oxygen atoms in total. The van der Waals surface area contributed by atoms with Crippen LogP contribution in [0.2, 0.25) is 0 Å². The molecular weight excluding hydrogens is 572 g/mol. The minimum Gasteiger partial charge on any atom is -0.377 e. The molecule has 0 N–H and O–H groups in total. The predicted octanol–water partition coefficient (Wildman–Crippen LogP) is 6.60. The van der Waals surface area contributed by atoms with Gasteiger partial charge in [0.05, 0.1) is 25.4 Å². The molecule has 4 rings (SSSR count). The maximum absolute atomic E-state index is 6.02. The topological polar surface area (TPSA) is 37.9 Å². The van der Waals surface area contributed by atoms with Gasteiger partial charge in [0.15, 0.2) is 0 Å². The van der Waals surface area contributed by atoms with Crippen molar-refractivity contribution in [3.8, 4) is 0 Å². The fourth-order valence-electron chi connectivity index (χ4n) is 5.62. The molecule has 0 radical (unpaired) electrons. The van der Waals surface area contributed by atoms with Crippen LogP contribution in [-0.4, -0.2) is 174 Å². The Morgan fingerprint density at radius 3 is 0.891 bits per heavy atom. The Hall–Kier alpha value is -0.320. The Bertz CT molecular complexity index is 493.